The topological polar surface area (TPSA) is 55.4 Å². The number of ether oxygens (including phenoxy) is 1. The van der Waals surface area contributed by atoms with E-state index in [0.29, 0.717) is 0 Å². The van der Waals surface area contributed by atoms with E-state index in [4.69, 9.17) is 4.74 Å². The molecular weight excluding hydrogens is 394 g/mol. The molecule has 5 heteroatoms. The molecule has 0 heterocycles. The second kappa shape index (κ2) is 9.34. The molecule has 0 unspecified atom stereocenters. The molecule has 0 bridgehead atoms. The molecule has 1 N–H and O–H groups in total. The lowest BCUT2D eigenvalue weighted by atomic mass is 9.98. The van der Waals surface area contributed by atoms with E-state index in [1.165, 1.54) is 6.08 Å². The molecule has 0 atom stereocenters. The highest BCUT2D eigenvalue weighted by Crippen LogP contribution is 2.27. The Balaban J connectivity index is 1.92. The fraction of sp³-hybridized carbons (Fsp3) is 0.238. The SMILES string of the molecule is Cc1cccc(C(C)C)c1NC(=O)COC(=O)C=Cc1cccc(Br)c1. The van der Waals surface area contributed by atoms with Gasteiger partial charge >= 0.3 is 5.97 Å². The molecule has 0 aromatic heterocycles. The Kier molecular flexibility index (Phi) is 7.16. The van der Waals surface area contributed by atoms with Gasteiger partial charge in [0, 0.05) is 16.2 Å². The van der Waals surface area contributed by atoms with E-state index in [2.05, 4.69) is 35.1 Å². The van der Waals surface area contributed by atoms with Crippen LogP contribution in [0.15, 0.2) is 53.0 Å². The minimum atomic E-state index is -0.561. The van der Waals surface area contributed by atoms with Gasteiger partial charge in [0.1, 0.15) is 0 Å². The number of nitrogens with one attached hydrogen (secondary N) is 1. The van der Waals surface area contributed by atoms with Crippen molar-refractivity contribution in [2.24, 2.45) is 0 Å². The van der Waals surface area contributed by atoms with Crippen LogP contribution in [0.1, 0.15) is 36.5 Å². The van der Waals surface area contributed by atoms with Crippen LogP contribution in [0, 0.1) is 6.92 Å². The quantitative estimate of drug-likeness (QED) is 0.528. The normalized spacial score (nSPS) is 11.0. The summed E-state index contributed by atoms with van der Waals surface area (Å²) in [5.41, 5.74) is 3.68. The minimum Gasteiger partial charge on any atom is -0.452 e. The van der Waals surface area contributed by atoms with Gasteiger partial charge in [-0.2, -0.15) is 0 Å². The Morgan fingerprint density at radius 2 is 1.92 bits per heavy atom. The number of benzene rings is 2. The number of carbonyl (C=O) groups excluding carboxylic acids is 2. The van der Waals surface area contributed by atoms with Crippen LogP contribution >= 0.6 is 15.9 Å². The first-order valence-corrected chi connectivity index (χ1v) is 9.16. The lowest BCUT2D eigenvalue weighted by Crippen LogP contribution is -2.21. The maximum absolute atomic E-state index is 12.1. The number of anilines is 1. The third kappa shape index (κ3) is 5.85. The number of aryl methyl sites for hydroxylation is 1. The first kappa shape index (κ1) is 19.9. The number of carbonyl (C=O) groups is 2. The average molecular weight is 416 g/mol. The first-order valence-electron chi connectivity index (χ1n) is 8.36. The van der Waals surface area contributed by atoms with Gasteiger partial charge in [-0.25, -0.2) is 4.79 Å². The predicted octanol–water partition coefficient (Wildman–Crippen LogP) is 5.08. The van der Waals surface area contributed by atoms with E-state index in [1.807, 2.05) is 49.4 Å². The number of rotatable bonds is 6. The van der Waals surface area contributed by atoms with Crippen LogP contribution in [-0.2, 0) is 14.3 Å². The van der Waals surface area contributed by atoms with Crippen LogP contribution in [0.2, 0.25) is 0 Å². The summed E-state index contributed by atoms with van der Waals surface area (Å²) >= 11 is 3.37. The van der Waals surface area contributed by atoms with Crippen molar-refractivity contribution in [3.05, 3.63) is 69.7 Å². The summed E-state index contributed by atoms with van der Waals surface area (Å²) in [5, 5.41) is 2.85. The van der Waals surface area contributed by atoms with Gasteiger partial charge in [-0.05, 0) is 47.7 Å². The van der Waals surface area contributed by atoms with Crippen LogP contribution < -0.4 is 5.32 Å². The highest BCUT2D eigenvalue weighted by atomic mass is 79.9. The molecule has 26 heavy (non-hydrogen) atoms. The molecule has 0 saturated carbocycles. The van der Waals surface area contributed by atoms with Crippen LogP contribution in [0.3, 0.4) is 0 Å². The molecule has 136 valence electrons. The smallest absolute Gasteiger partial charge is 0.331 e. The Morgan fingerprint density at radius 3 is 2.62 bits per heavy atom. The van der Waals surface area contributed by atoms with Crippen molar-refractivity contribution in [1.29, 1.82) is 0 Å². The van der Waals surface area contributed by atoms with Crippen LogP contribution in [-0.4, -0.2) is 18.5 Å². The molecule has 0 aliphatic rings. The zero-order valence-electron chi connectivity index (χ0n) is 15.1. The van der Waals surface area contributed by atoms with Crippen molar-refractivity contribution < 1.29 is 14.3 Å². The Morgan fingerprint density at radius 1 is 1.19 bits per heavy atom. The molecule has 0 saturated heterocycles. The van der Waals surface area contributed by atoms with Crippen molar-refractivity contribution >= 4 is 39.6 Å². The van der Waals surface area contributed by atoms with Crippen molar-refractivity contribution in [3.8, 4) is 0 Å². The molecule has 0 fully saturated rings. The minimum absolute atomic E-state index is 0.279. The summed E-state index contributed by atoms with van der Waals surface area (Å²) < 4.78 is 5.94. The van der Waals surface area contributed by atoms with Crippen LogP contribution in [0.5, 0.6) is 0 Å². The molecular formula is C21H22BrNO3. The fourth-order valence-electron chi connectivity index (χ4n) is 2.48. The van der Waals surface area contributed by atoms with Gasteiger partial charge in [0.15, 0.2) is 6.61 Å². The number of hydrogen-bond acceptors (Lipinski definition) is 3. The molecule has 2 aromatic carbocycles. The molecule has 4 nitrogen and oxygen atoms in total. The van der Waals surface area contributed by atoms with Gasteiger partial charge in [0.2, 0.25) is 0 Å². The highest BCUT2D eigenvalue weighted by molar-refractivity contribution is 9.10. The molecule has 0 spiro atoms. The summed E-state index contributed by atoms with van der Waals surface area (Å²) in [6.07, 6.45) is 2.95. The number of para-hydroxylation sites is 1. The third-order valence-electron chi connectivity index (χ3n) is 3.80. The monoisotopic (exact) mass is 415 g/mol. The Bertz CT molecular complexity index is 828. The average Bonchev–Trinajstić information content (AvgIpc) is 2.59. The van der Waals surface area contributed by atoms with Gasteiger partial charge in [-0.3, -0.25) is 4.79 Å². The highest BCUT2D eigenvalue weighted by Gasteiger charge is 2.13. The van der Waals surface area contributed by atoms with E-state index in [1.54, 1.807) is 6.08 Å². The Hall–Kier alpha value is -2.40. The zero-order valence-corrected chi connectivity index (χ0v) is 16.7. The second-order valence-corrected chi connectivity index (χ2v) is 7.15. The Labute approximate surface area is 162 Å². The van der Waals surface area contributed by atoms with Gasteiger partial charge in [-0.15, -0.1) is 0 Å². The van der Waals surface area contributed by atoms with Gasteiger partial charge in [0.05, 0.1) is 0 Å². The summed E-state index contributed by atoms with van der Waals surface area (Å²) in [5.74, 6) is -0.639. The molecule has 0 aliphatic heterocycles. The summed E-state index contributed by atoms with van der Waals surface area (Å²) in [6, 6.07) is 13.4. The van der Waals surface area contributed by atoms with Crippen molar-refractivity contribution in [2.45, 2.75) is 26.7 Å². The summed E-state index contributed by atoms with van der Waals surface area (Å²) in [6.45, 7) is 5.75. The maximum Gasteiger partial charge on any atom is 0.331 e. The van der Waals surface area contributed by atoms with Gasteiger partial charge < -0.3 is 10.1 Å². The summed E-state index contributed by atoms with van der Waals surface area (Å²) in [7, 11) is 0. The number of hydrogen-bond donors (Lipinski definition) is 1. The zero-order chi connectivity index (χ0) is 19.1. The van der Waals surface area contributed by atoms with Crippen LogP contribution in [0.4, 0.5) is 5.69 Å². The van der Waals surface area contributed by atoms with Crippen LogP contribution in [0.25, 0.3) is 6.08 Å². The van der Waals surface area contributed by atoms with E-state index in [9.17, 15) is 9.59 Å². The van der Waals surface area contributed by atoms with Gasteiger partial charge in [-0.1, -0.05) is 60.1 Å². The summed E-state index contributed by atoms with van der Waals surface area (Å²) in [4.78, 5) is 23.9. The van der Waals surface area contributed by atoms with E-state index >= 15 is 0 Å². The first-order chi connectivity index (χ1) is 12.4. The molecule has 0 aliphatic carbocycles. The fourth-order valence-corrected chi connectivity index (χ4v) is 2.89. The van der Waals surface area contributed by atoms with Crippen molar-refractivity contribution in [2.75, 3.05) is 11.9 Å². The van der Waals surface area contributed by atoms with E-state index < -0.39 is 5.97 Å². The number of amides is 1. The molecule has 1 amide bonds. The lowest BCUT2D eigenvalue weighted by Gasteiger charge is -2.16. The lowest BCUT2D eigenvalue weighted by molar-refractivity contribution is -0.142. The maximum atomic E-state index is 12.1. The standard InChI is InChI=1S/C21H22BrNO3/c1-14(2)18-9-4-6-15(3)21(18)23-19(24)13-26-20(25)11-10-16-7-5-8-17(22)12-16/h4-12,14H,13H2,1-3H3,(H,23,24). The van der Waals surface area contributed by atoms with Gasteiger partial charge in [0.25, 0.3) is 5.91 Å². The molecule has 0 radical (unpaired) electrons. The van der Waals surface area contributed by atoms with Crippen molar-refractivity contribution in [3.63, 3.8) is 0 Å². The third-order valence-corrected chi connectivity index (χ3v) is 4.29. The number of halogens is 1. The second-order valence-electron chi connectivity index (χ2n) is 6.24. The largest absolute Gasteiger partial charge is 0.452 e. The van der Waals surface area contributed by atoms with Crippen molar-refractivity contribution in [1.82, 2.24) is 0 Å². The van der Waals surface area contributed by atoms with E-state index in [0.717, 1.165) is 26.9 Å². The molecule has 2 rings (SSSR count). The van der Waals surface area contributed by atoms with E-state index in [-0.39, 0.29) is 18.4 Å². The molecule has 2 aromatic rings. The predicted molar refractivity (Wildman–Crippen MR) is 108 cm³/mol. The number of esters is 1.